The van der Waals surface area contributed by atoms with Crippen molar-refractivity contribution >= 4 is 17.5 Å². The van der Waals surface area contributed by atoms with Gasteiger partial charge in [0.15, 0.2) is 0 Å². The van der Waals surface area contributed by atoms with Gasteiger partial charge in [0.25, 0.3) is 0 Å². The third-order valence-electron chi connectivity index (χ3n) is 4.43. The van der Waals surface area contributed by atoms with Gasteiger partial charge in [-0.15, -0.1) is 11.6 Å². The molecule has 1 saturated heterocycles. The Morgan fingerprint density at radius 3 is 2.68 bits per heavy atom. The predicted molar refractivity (Wildman–Crippen MR) is 77.5 cm³/mol. The second-order valence-electron chi connectivity index (χ2n) is 5.76. The highest BCUT2D eigenvalue weighted by Gasteiger charge is 2.32. The molecule has 3 rings (SSSR count). The number of alkyl halides is 1. The molecule has 3 heteroatoms. The molecule has 1 amide bonds. The second-order valence-corrected chi connectivity index (χ2v) is 6.38. The summed E-state index contributed by atoms with van der Waals surface area (Å²) >= 11 is 6.09. The number of rotatable bonds is 2. The fraction of sp³-hybridized carbons (Fsp3) is 0.562. The molecular formula is C16H20ClNO. The standard InChI is InChI=1S/C16H20ClNO/c1-11(18-10-15(17)9-16(18)19)13-7-6-12-4-2-3-5-14(12)8-13/h6-8,11,15H,2-5,9-10H2,1H3. The van der Waals surface area contributed by atoms with E-state index in [1.807, 2.05) is 4.90 Å². The lowest BCUT2D eigenvalue weighted by Gasteiger charge is -2.26. The summed E-state index contributed by atoms with van der Waals surface area (Å²) in [5.41, 5.74) is 4.22. The highest BCUT2D eigenvalue weighted by molar-refractivity contribution is 6.22. The molecule has 1 aliphatic carbocycles. The van der Waals surface area contributed by atoms with Crippen LogP contribution in [0.2, 0.25) is 0 Å². The van der Waals surface area contributed by atoms with E-state index in [0.717, 1.165) is 0 Å². The largest absolute Gasteiger partial charge is 0.334 e. The first-order valence-electron chi connectivity index (χ1n) is 7.20. The molecule has 2 nitrogen and oxygen atoms in total. The minimum atomic E-state index is -0.0208. The maximum atomic E-state index is 11.9. The van der Waals surface area contributed by atoms with Gasteiger partial charge < -0.3 is 4.90 Å². The number of carbonyl (C=O) groups is 1. The molecule has 2 unspecified atom stereocenters. The lowest BCUT2D eigenvalue weighted by atomic mass is 9.89. The molecule has 0 bridgehead atoms. The van der Waals surface area contributed by atoms with Gasteiger partial charge in [-0.3, -0.25) is 4.79 Å². The fourth-order valence-corrected chi connectivity index (χ4v) is 3.53. The summed E-state index contributed by atoms with van der Waals surface area (Å²) in [6.07, 6.45) is 5.47. The molecule has 19 heavy (non-hydrogen) atoms. The average molecular weight is 278 g/mol. The molecule has 1 heterocycles. The first-order valence-corrected chi connectivity index (χ1v) is 7.64. The summed E-state index contributed by atoms with van der Waals surface area (Å²) in [5.74, 6) is 0.185. The van der Waals surface area contributed by atoms with Crippen LogP contribution in [-0.4, -0.2) is 22.7 Å². The lowest BCUT2D eigenvalue weighted by molar-refractivity contribution is -0.129. The van der Waals surface area contributed by atoms with E-state index in [2.05, 4.69) is 25.1 Å². The van der Waals surface area contributed by atoms with E-state index < -0.39 is 0 Å². The number of hydrogen-bond acceptors (Lipinski definition) is 1. The molecule has 2 aliphatic rings. The molecule has 102 valence electrons. The Hall–Kier alpha value is -1.02. The zero-order valence-corrected chi connectivity index (χ0v) is 12.1. The second kappa shape index (κ2) is 5.16. The Balaban J connectivity index is 1.83. The Morgan fingerprint density at radius 2 is 2.00 bits per heavy atom. The monoisotopic (exact) mass is 277 g/mol. The number of amides is 1. The Kier molecular flexibility index (Phi) is 3.53. The van der Waals surface area contributed by atoms with Crippen molar-refractivity contribution in [1.82, 2.24) is 4.90 Å². The van der Waals surface area contributed by atoms with Crippen molar-refractivity contribution in [3.63, 3.8) is 0 Å². The summed E-state index contributed by atoms with van der Waals surface area (Å²) in [6, 6.07) is 6.87. The Bertz CT molecular complexity index is 500. The molecule has 1 fully saturated rings. The SMILES string of the molecule is CC(c1ccc2c(c1)CCCC2)N1CC(Cl)CC1=O. The van der Waals surface area contributed by atoms with Crippen molar-refractivity contribution in [2.45, 2.75) is 50.4 Å². The van der Waals surface area contributed by atoms with Gasteiger partial charge in [0.05, 0.1) is 11.4 Å². The van der Waals surface area contributed by atoms with Gasteiger partial charge in [-0.2, -0.15) is 0 Å². The van der Waals surface area contributed by atoms with E-state index in [0.29, 0.717) is 13.0 Å². The zero-order valence-electron chi connectivity index (χ0n) is 11.4. The molecule has 1 aliphatic heterocycles. The van der Waals surface area contributed by atoms with Crippen molar-refractivity contribution in [1.29, 1.82) is 0 Å². The van der Waals surface area contributed by atoms with Gasteiger partial charge in [0.2, 0.25) is 5.91 Å². The van der Waals surface area contributed by atoms with E-state index in [-0.39, 0.29) is 17.3 Å². The van der Waals surface area contributed by atoms with Gasteiger partial charge in [0, 0.05) is 13.0 Å². The van der Waals surface area contributed by atoms with Crippen LogP contribution in [-0.2, 0) is 17.6 Å². The van der Waals surface area contributed by atoms with Crippen LogP contribution in [0.4, 0.5) is 0 Å². The molecule has 2 atom stereocenters. The summed E-state index contributed by atoms with van der Waals surface area (Å²) in [4.78, 5) is 13.8. The van der Waals surface area contributed by atoms with Gasteiger partial charge in [-0.05, 0) is 49.3 Å². The third kappa shape index (κ3) is 2.51. The summed E-state index contributed by atoms with van der Waals surface area (Å²) in [7, 11) is 0. The molecule has 0 aromatic heterocycles. The lowest BCUT2D eigenvalue weighted by Crippen LogP contribution is -2.28. The highest BCUT2D eigenvalue weighted by Crippen LogP contribution is 2.30. The number of fused-ring (bicyclic) bond motifs is 1. The molecule has 0 spiro atoms. The van der Waals surface area contributed by atoms with E-state index in [1.165, 1.54) is 42.4 Å². The van der Waals surface area contributed by atoms with E-state index >= 15 is 0 Å². The predicted octanol–water partition coefficient (Wildman–Crippen LogP) is 3.47. The first-order chi connectivity index (χ1) is 9.15. The summed E-state index contributed by atoms with van der Waals surface area (Å²) in [6.45, 7) is 2.79. The van der Waals surface area contributed by atoms with Gasteiger partial charge in [0.1, 0.15) is 0 Å². The van der Waals surface area contributed by atoms with Crippen molar-refractivity contribution in [3.8, 4) is 0 Å². The number of carbonyl (C=O) groups excluding carboxylic acids is 1. The number of likely N-dealkylation sites (tertiary alicyclic amines) is 1. The van der Waals surface area contributed by atoms with Crippen LogP contribution in [0.25, 0.3) is 0 Å². The van der Waals surface area contributed by atoms with Gasteiger partial charge in [-0.25, -0.2) is 0 Å². The van der Waals surface area contributed by atoms with Crippen LogP contribution in [0.1, 0.15) is 48.9 Å². The van der Waals surface area contributed by atoms with E-state index in [1.54, 1.807) is 0 Å². The number of hydrogen-bond donors (Lipinski definition) is 0. The minimum absolute atomic E-state index is 0.0208. The summed E-state index contributed by atoms with van der Waals surface area (Å²) < 4.78 is 0. The van der Waals surface area contributed by atoms with Crippen LogP contribution in [0.5, 0.6) is 0 Å². The third-order valence-corrected chi connectivity index (χ3v) is 4.73. The molecule has 0 saturated carbocycles. The molecular weight excluding hydrogens is 258 g/mol. The number of halogens is 1. The van der Waals surface area contributed by atoms with Crippen LogP contribution in [0.3, 0.4) is 0 Å². The smallest absolute Gasteiger partial charge is 0.224 e. The fourth-order valence-electron chi connectivity index (χ4n) is 3.25. The van der Waals surface area contributed by atoms with Crippen LogP contribution >= 0.6 is 11.6 Å². The van der Waals surface area contributed by atoms with Crippen molar-refractivity contribution in [3.05, 3.63) is 34.9 Å². The molecule has 1 aromatic carbocycles. The van der Waals surface area contributed by atoms with Crippen LogP contribution in [0, 0.1) is 0 Å². The first kappa shape index (κ1) is 13.0. The number of nitrogens with zero attached hydrogens (tertiary/aromatic N) is 1. The maximum absolute atomic E-state index is 11.9. The number of aryl methyl sites for hydroxylation is 2. The minimum Gasteiger partial charge on any atom is -0.334 e. The molecule has 1 aromatic rings. The quantitative estimate of drug-likeness (QED) is 0.758. The summed E-state index contributed by atoms with van der Waals surface area (Å²) in [5, 5.41) is -0.0208. The Labute approximate surface area is 119 Å². The van der Waals surface area contributed by atoms with Gasteiger partial charge >= 0.3 is 0 Å². The zero-order chi connectivity index (χ0) is 13.4. The topological polar surface area (TPSA) is 20.3 Å². The van der Waals surface area contributed by atoms with Crippen molar-refractivity contribution in [2.75, 3.05) is 6.54 Å². The molecule has 0 radical (unpaired) electrons. The van der Waals surface area contributed by atoms with E-state index in [4.69, 9.17) is 11.6 Å². The normalized spacial score (nSPS) is 24.4. The van der Waals surface area contributed by atoms with Gasteiger partial charge in [-0.1, -0.05) is 18.2 Å². The maximum Gasteiger partial charge on any atom is 0.224 e. The van der Waals surface area contributed by atoms with Crippen LogP contribution in [0.15, 0.2) is 18.2 Å². The Morgan fingerprint density at radius 1 is 1.26 bits per heavy atom. The van der Waals surface area contributed by atoms with Crippen molar-refractivity contribution < 1.29 is 4.79 Å². The highest BCUT2D eigenvalue weighted by atomic mass is 35.5. The van der Waals surface area contributed by atoms with E-state index in [9.17, 15) is 4.79 Å². The average Bonchev–Trinajstić information content (AvgIpc) is 2.76. The number of benzene rings is 1. The van der Waals surface area contributed by atoms with Crippen molar-refractivity contribution in [2.24, 2.45) is 0 Å². The van der Waals surface area contributed by atoms with Crippen LogP contribution < -0.4 is 0 Å². The molecule has 0 N–H and O–H groups in total.